The molecule has 6 nitrogen and oxygen atoms in total. The van der Waals surface area contributed by atoms with E-state index in [-0.39, 0.29) is 15.5 Å². The maximum absolute atomic E-state index is 12.8. The lowest BCUT2D eigenvalue weighted by molar-refractivity contribution is 0.102. The van der Waals surface area contributed by atoms with Crippen LogP contribution in [0.5, 0.6) is 0 Å². The van der Waals surface area contributed by atoms with E-state index in [1.807, 2.05) is 6.07 Å². The van der Waals surface area contributed by atoms with Crippen LogP contribution in [0.4, 0.5) is 11.4 Å². The van der Waals surface area contributed by atoms with Crippen LogP contribution in [0.25, 0.3) is 0 Å². The van der Waals surface area contributed by atoms with Gasteiger partial charge in [-0.15, -0.1) is 0 Å². The largest absolute Gasteiger partial charge is 0.367 e. The SMILES string of the molecule is CN1CCN(c2ccc(Cl)cc2NC(=O)c2ccc(Cl)c(S(C)(=O)=O)c2)CC1. The fraction of sp³-hybridized carbons (Fsp3) is 0.316. The number of nitrogens with one attached hydrogen (secondary N) is 1. The zero-order valence-corrected chi connectivity index (χ0v) is 17.9. The molecule has 0 aliphatic carbocycles. The summed E-state index contributed by atoms with van der Waals surface area (Å²) in [5.74, 6) is -0.431. The molecular formula is C19H21Cl2N3O3S. The van der Waals surface area contributed by atoms with E-state index in [4.69, 9.17) is 23.2 Å². The molecule has 0 spiro atoms. The first kappa shape index (κ1) is 20.9. The van der Waals surface area contributed by atoms with Gasteiger partial charge in [0.15, 0.2) is 9.84 Å². The summed E-state index contributed by atoms with van der Waals surface area (Å²) in [6, 6.07) is 9.55. The van der Waals surface area contributed by atoms with Gasteiger partial charge in [-0.25, -0.2) is 8.42 Å². The first-order chi connectivity index (χ1) is 13.1. The van der Waals surface area contributed by atoms with Crippen molar-refractivity contribution < 1.29 is 13.2 Å². The van der Waals surface area contributed by atoms with Crippen molar-refractivity contribution in [3.05, 3.63) is 52.0 Å². The summed E-state index contributed by atoms with van der Waals surface area (Å²) in [7, 11) is -1.47. The molecule has 1 saturated heterocycles. The average Bonchev–Trinajstić information content (AvgIpc) is 2.62. The highest BCUT2D eigenvalue weighted by Gasteiger charge is 2.20. The van der Waals surface area contributed by atoms with E-state index in [1.165, 1.54) is 18.2 Å². The summed E-state index contributed by atoms with van der Waals surface area (Å²) in [4.78, 5) is 17.1. The lowest BCUT2D eigenvalue weighted by atomic mass is 10.1. The van der Waals surface area contributed by atoms with Gasteiger partial charge in [0.2, 0.25) is 0 Å². The van der Waals surface area contributed by atoms with Crippen molar-refractivity contribution in [2.75, 3.05) is 49.7 Å². The lowest BCUT2D eigenvalue weighted by Gasteiger charge is -2.35. The molecule has 9 heteroatoms. The van der Waals surface area contributed by atoms with Gasteiger partial charge in [0.05, 0.1) is 21.3 Å². The molecule has 1 heterocycles. The van der Waals surface area contributed by atoms with Gasteiger partial charge >= 0.3 is 0 Å². The molecule has 2 aromatic rings. The van der Waals surface area contributed by atoms with Crippen LogP contribution in [0.15, 0.2) is 41.3 Å². The summed E-state index contributed by atoms with van der Waals surface area (Å²) in [6.45, 7) is 3.51. The van der Waals surface area contributed by atoms with E-state index < -0.39 is 15.7 Å². The molecule has 1 aliphatic heterocycles. The van der Waals surface area contributed by atoms with Gasteiger partial charge < -0.3 is 15.1 Å². The number of amides is 1. The number of sulfone groups is 1. The Morgan fingerprint density at radius 3 is 2.36 bits per heavy atom. The highest BCUT2D eigenvalue weighted by molar-refractivity contribution is 7.90. The highest BCUT2D eigenvalue weighted by atomic mass is 35.5. The number of rotatable bonds is 4. The maximum Gasteiger partial charge on any atom is 0.255 e. The molecule has 2 aromatic carbocycles. The van der Waals surface area contributed by atoms with Crippen LogP contribution in [0.2, 0.25) is 10.0 Å². The molecule has 0 bridgehead atoms. The Morgan fingerprint density at radius 2 is 1.71 bits per heavy atom. The third-order valence-corrected chi connectivity index (χ3v) is 6.46. The van der Waals surface area contributed by atoms with Gasteiger partial charge in [0.25, 0.3) is 5.91 Å². The second-order valence-corrected chi connectivity index (χ2v) is 9.65. The molecule has 1 aliphatic rings. The van der Waals surface area contributed by atoms with Gasteiger partial charge in [-0.1, -0.05) is 23.2 Å². The van der Waals surface area contributed by atoms with Crippen LogP contribution in [0.1, 0.15) is 10.4 Å². The summed E-state index contributed by atoms with van der Waals surface area (Å²) in [6.07, 6.45) is 1.05. The third kappa shape index (κ3) is 4.78. The molecule has 1 N–H and O–H groups in total. The molecule has 150 valence electrons. The minimum absolute atomic E-state index is 0.0767. The second kappa shape index (κ2) is 8.29. The summed E-state index contributed by atoms with van der Waals surface area (Å²) in [5.41, 5.74) is 1.66. The van der Waals surface area contributed by atoms with Gasteiger partial charge in [0, 0.05) is 43.0 Å². The Morgan fingerprint density at radius 1 is 1.04 bits per heavy atom. The van der Waals surface area contributed by atoms with Crippen LogP contribution >= 0.6 is 23.2 Å². The fourth-order valence-electron chi connectivity index (χ4n) is 3.05. The van der Waals surface area contributed by atoms with E-state index in [0.29, 0.717) is 10.7 Å². The Balaban J connectivity index is 1.89. The number of nitrogens with zero attached hydrogens (tertiary/aromatic N) is 2. The topological polar surface area (TPSA) is 69.7 Å². The molecule has 0 saturated carbocycles. The van der Waals surface area contributed by atoms with Crippen molar-refractivity contribution in [3.63, 3.8) is 0 Å². The van der Waals surface area contributed by atoms with Crippen molar-refractivity contribution >= 4 is 50.3 Å². The second-order valence-electron chi connectivity index (χ2n) is 6.82. The fourth-order valence-corrected chi connectivity index (χ4v) is 4.53. The monoisotopic (exact) mass is 441 g/mol. The number of hydrogen-bond donors (Lipinski definition) is 1. The zero-order chi connectivity index (χ0) is 20.5. The first-order valence-corrected chi connectivity index (χ1v) is 11.3. The average molecular weight is 442 g/mol. The summed E-state index contributed by atoms with van der Waals surface area (Å²) in [5, 5.41) is 3.44. The predicted molar refractivity (Wildman–Crippen MR) is 114 cm³/mol. The number of benzene rings is 2. The molecule has 3 rings (SSSR count). The Kier molecular flexibility index (Phi) is 6.19. The molecule has 0 atom stereocenters. The normalized spacial score (nSPS) is 15.5. The van der Waals surface area contributed by atoms with Crippen molar-refractivity contribution in [2.45, 2.75) is 4.90 Å². The number of carbonyl (C=O) groups excluding carboxylic acids is 1. The van der Waals surface area contributed by atoms with E-state index in [2.05, 4.69) is 22.2 Å². The van der Waals surface area contributed by atoms with Crippen LogP contribution in [0, 0.1) is 0 Å². The number of piperazine rings is 1. The van der Waals surface area contributed by atoms with Gasteiger partial charge in [-0.05, 0) is 43.4 Å². The zero-order valence-electron chi connectivity index (χ0n) is 15.6. The molecule has 1 amide bonds. The quantitative estimate of drug-likeness (QED) is 0.786. The molecule has 0 unspecified atom stereocenters. The van der Waals surface area contributed by atoms with Crippen LogP contribution in [0.3, 0.4) is 0 Å². The predicted octanol–water partition coefficient (Wildman–Crippen LogP) is 3.40. The highest BCUT2D eigenvalue weighted by Crippen LogP contribution is 2.31. The number of likely N-dealkylation sites (N-methyl/N-ethyl adjacent to an activating group) is 1. The standard InChI is InChI=1S/C19H21Cl2N3O3S/c1-23-7-9-24(10-8-23)17-6-4-14(20)12-16(17)22-19(25)13-3-5-15(21)18(11-13)28(2,26)27/h3-6,11-12H,7-10H2,1-2H3,(H,22,25). The smallest absolute Gasteiger partial charge is 0.255 e. The minimum Gasteiger partial charge on any atom is -0.367 e. The van der Waals surface area contributed by atoms with Crippen molar-refractivity contribution in [2.24, 2.45) is 0 Å². The van der Waals surface area contributed by atoms with Crippen molar-refractivity contribution in [1.82, 2.24) is 4.90 Å². The van der Waals surface area contributed by atoms with Crippen molar-refractivity contribution in [1.29, 1.82) is 0 Å². The van der Waals surface area contributed by atoms with E-state index in [0.717, 1.165) is 38.1 Å². The number of hydrogen-bond acceptors (Lipinski definition) is 5. The van der Waals surface area contributed by atoms with Crippen LogP contribution < -0.4 is 10.2 Å². The Bertz CT molecular complexity index is 1000. The summed E-state index contributed by atoms with van der Waals surface area (Å²) >= 11 is 12.1. The molecule has 28 heavy (non-hydrogen) atoms. The van der Waals surface area contributed by atoms with E-state index >= 15 is 0 Å². The van der Waals surface area contributed by atoms with Crippen LogP contribution in [-0.4, -0.2) is 58.7 Å². The number of halogens is 2. The van der Waals surface area contributed by atoms with E-state index in [1.54, 1.807) is 12.1 Å². The Hall–Kier alpha value is -1.80. The number of carbonyl (C=O) groups is 1. The minimum atomic E-state index is -3.55. The first-order valence-electron chi connectivity index (χ1n) is 8.69. The lowest BCUT2D eigenvalue weighted by Crippen LogP contribution is -2.44. The third-order valence-electron chi connectivity index (χ3n) is 4.64. The summed E-state index contributed by atoms with van der Waals surface area (Å²) < 4.78 is 23.7. The molecule has 1 fully saturated rings. The molecular weight excluding hydrogens is 421 g/mol. The molecule has 0 aromatic heterocycles. The Labute approximate surface area is 175 Å². The van der Waals surface area contributed by atoms with E-state index in [9.17, 15) is 13.2 Å². The maximum atomic E-state index is 12.8. The number of anilines is 2. The molecule has 0 radical (unpaired) electrons. The van der Waals surface area contributed by atoms with Gasteiger partial charge in [-0.2, -0.15) is 0 Å². The van der Waals surface area contributed by atoms with Gasteiger partial charge in [0.1, 0.15) is 0 Å². The van der Waals surface area contributed by atoms with Crippen molar-refractivity contribution in [3.8, 4) is 0 Å². The van der Waals surface area contributed by atoms with Gasteiger partial charge in [-0.3, -0.25) is 4.79 Å². The van der Waals surface area contributed by atoms with Crippen LogP contribution in [-0.2, 0) is 9.84 Å².